The lowest BCUT2D eigenvalue weighted by Crippen LogP contribution is -2.47. The lowest BCUT2D eigenvalue weighted by atomic mass is 10.0. The summed E-state index contributed by atoms with van der Waals surface area (Å²) in [4.78, 5) is 6.85. The zero-order valence-electron chi connectivity index (χ0n) is 19.8. The number of pyridine rings is 1. The van der Waals surface area contributed by atoms with E-state index in [-0.39, 0.29) is 5.60 Å². The minimum Gasteiger partial charge on any atom is -0.484 e. The highest BCUT2D eigenvalue weighted by atomic mass is 16.5. The third-order valence-corrected chi connectivity index (χ3v) is 7.19. The average Bonchev–Trinajstić information content (AvgIpc) is 3.41. The molecule has 3 aliphatic rings. The maximum Gasteiger partial charge on any atom is 0.145 e. The first-order valence-corrected chi connectivity index (χ1v) is 12.2. The summed E-state index contributed by atoms with van der Waals surface area (Å²) in [5.74, 6) is 0.910. The van der Waals surface area contributed by atoms with E-state index >= 15 is 0 Å². The Morgan fingerprint density at radius 2 is 2.06 bits per heavy atom. The van der Waals surface area contributed by atoms with Gasteiger partial charge in [0.25, 0.3) is 0 Å². The number of hydrogen-bond donors (Lipinski definition) is 2. The van der Waals surface area contributed by atoms with Crippen molar-refractivity contribution < 1.29 is 9.84 Å². The lowest BCUT2D eigenvalue weighted by Gasteiger charge is -2.41. The van der Waals surface area contributed by atoms with Crippen molar-refractivity contribution >= 4 is 22.6 Å². The second-order valence-electron chi connectivity index (χ2n) is 10.2. The third kappa shape index (κ3) is 3.84. The van der Waals surface area contributed by atoms with Crippen molar-refractivity contribution in [2.75, 3.05) is 23.3 Å². The molecule has 5 nitrogen and oxygen atoms in total. The van der Waals surface area contributed by atoms with Gasteiger partial charge in [0.15, 0.2) is 0 Å². The molecule has 34 heavy (non-hydrogen) atoms. The van der Waals surface area contributed by atoms with Crippen molar-refractivity contribution in [1.82, 2.24) is 4.98 Å². The molecule has 1 aromatic heterocycles. The highest BCUT2D eigenvalue weighted by Gasteiger charge is 2.32. The standard InChI is InChI=1S/C29H31N3O2/c1-29(2)18-32(16-14-20-8-7-19-5-3-4-6-22(19)20)25-11-9-21(17-27(25)34-29)31-24-13-15-30-28-23(24)10-12-26(28)33/h3-6,8-9,11,13,15,17,26,33H,7,10,12,14,16,18H2,1-2H3,(H,30,31). The van der Waals surface area contributed by atoms with E-state index in [0.717, 1.165) is 72.8 Å². The van der Waals surface area contributed by atoms with Gasteiger partial charge < -0.3 is 20.1 Å². The second-order valence-corrected chi connectivity index (χ2v) is 10.2. The van der Waals surface area contributed by atoms with Crippen LogP contribution in [0.1, 0.15) is 55.2 Å². The van der Waals surface area contributed by atoms with Gasteiger partial charge in [-0.05, 0) is 80.0 Å². The Bertz CT molecular complexity index is 1280. The highest BCUT2D eigenvalue weighted by Crippen LogP contribution is 2.41. The van der Waals surface area contributed by atoms with Crippen LogP contribution in [0.15, 0.2) is 60.8 Å². The molecule has 0 amide bonds. The van der Waals surface area contributed by atoms with Gasteiger partial charge in [0.1, 0.15) is 11.4 Å². The molecule has 5 heteroatoms. The predicted molar refractivity (Wildman–Crippen MR) is 137 cm³/mol. The van der Waals surface area contributed by atoms with E-state index in [0.29, 0.717) is 0 Å². The van der Waals surface area contributed by atoms with Crippen LogP contribution in [0.4, 0.5) is 17.1 Å². The van der Waals surface area contributed by atoms with Gasteiger partial charge in [-0.1, -0.05) is 30.3 Å². The molecule has 2 aliphatic carbocycles. The van der Waals surface area contributed by atoms with Gasteiger partial charge in [0.2, 0.25) is 0 Å². The number of anilines is 3. The summed E-state index contributed by atoms with van der Waals surface area (Å²) >= 11 is 0. The quantitative estimate of drug-likeness (QED) is 0.510. The van der Waals surface area contributed by atoms with E-state index in [4.69, 9.17) is 4.74 Å². The molecule has 2 aromatic carbocycles. The van der Waals surface area contributed by atoms with Gasteiger partial charge in [0.05, 0.1) is 24.0 Å². The van der Waals surface area contributed by atoms with Gasteiger partial charge in [-0.3, -0.25) is 4.98 Å². The molecule has 6 rings (SSSR count). The molecule has 1 unspecified atom stereocenters. The van der Waals surface area contributed by atoms with Crippen LogP contribution in [0.3, 0.4) is 0 Å². The van der Waals surface area contributed by atoms with E-state index in [1.54, 1.807) is 6.20 Å². The largest absolute Gasteiger partial charge is 0.484 e. The van der Waals surface area contributed by atoms with Crippen molar-refractivity contribution in [2.45, 2.75) is 51.2 Å². The van der Waals surface area contributed by atoms with Crippen LogP contribution < -0.4 is 15.0 Å². The van der Waals surface area contributed by atoms with E-state index in [9.17, 15) is 5.11 Å². The molecular weight excluding hydrogens is 422 g/mol. The van der Waals surface area contributed by atoms with E-state index in [1.807, 2.05) is 6.07 Å². The number of benzene rings is 2. The molecular formula is C29H31N3O2. The molecule has 174 valence electrons. The fourth-order valence-electron chi connectivity index (χ4n) is 5.60. The van der Waals surface area contributed by atoms with Crippen LogP contribution in [0.5, 0.6) is 5.75 Å². The molecule has 0 spiro atoms. The first-order chi connectivity index (χ1) is 16.5. The molecule has 2 N–H and O–H groups in total. The summed E-state index contributed by atoms with van der Waals surface area (Å²) in [6.07, 6.45) is 7.34. The zero-order chi connectivity index (χ0) is 23.3. The molecule has 0 saturated carbocycles. The molecule has 2 heterocycles. The summed E-state index contributed by atoms with van der Waals surface area (Å²) in [7, 11) is 0. The molecule has 3 aromatic rings. The number of rotatable bonds is 5. The van der Waals surface area contributed by atoms with Crippen molar-refractivity contribution in [3.63, 3.8) is 0 Å². The summed E-state index contributed by atoms with van der Waals surface area (Å²) in [6, 6.07) is 17.1. The van der Waals surface area contributed by atoms with Crippen LogP contribution in [0.25, 0.3) is 5.57 Å². The Morgan fingerprint density at radius 1 is 1.18 bits per heavy atom. The minimum atomic E-state index is -0.458. The Labute approximate surface area is 201 Å². The van der Waals surface area contributed by atoms with Crippen LogP contribution in [-0.4, -0.2) is 28.8 Å². The van der Waals surface area contributed by atoms with Gasteiger partial charge in [0, 0.05) is 30.2 Å². The predicted octanol–water partition coefficient (Wildman–Crippen LogP) is 5.81. The van der Waals surface area contributed by atoms with Crippen molar-refractivity contribution in [1.29, 1.82) is 0 Å². The molecule has 1 aliphatic heterocycles. The number of nitrogens with zero attached hydrogens (tertiary/aromatic N) is 2. The van der Waals surface area contributed by atoms with Gasteiger partial charge in [-0.2, -0.15) is 0 Å². The maximum absolute atomic E-state index is 10.2. The third-order valence-electron chi connectivity index (χ3n) is 7.19. The maximum atomic E-state index is 10.2. The van der Waals surface area contributed by atoms with Crippen LogP contribution in [0.2, 0.25) is 0 Å². The Balaban J connectivity index is 1.23. The number of aliphatic hydroxyl groups is 1. The van der Waals surface area contributed by atoms with Gasteiger partial charge in [-0.15, -0.1) is 0 Å². The summed E-state index contributed by atoms with van der Waals surface area (Å²) in [5.41, 5.74) is 9.08. The first kappa shape index (κ1) is 21.2. The first-order valence-electron chi connectivity index (χ1n) is 12.2. The number of hydrogen-bond acceptors (Lipinski definition) is 5. The van der Waals surface area contributed by atoms with Crippen molar-refractivity contribution in [2.24, 2.45) is 0 Å². The Hall–Kier alpha value is -3.31. The number of allylic oxidation sites excluding steroid dienone is 1. The summed E-state index contributed by atoms with van der Waals surface area (Å²) in [5, 5.41) is 13.7. The van der Waals surface area contributed by atoms with Gasteiger partial charge in [-0.25, -0.2) is 0 Å². The van der Waals surface area contributed by atoms with Crippen LogP contribution >= 0.6 is 0 Å². The summed E-state index contributed by atoms with van der Waals surface area (Å²) < 4.78 is 6.42. The fraction of sp³-hybridized carbons (Fsp3) is 0.345. The zero-order valence-corrected chi connectivity index (χ0v) is 19.8. The second kappa shape index (κ2) is 8.17. The summed E-state index contributed by atoms with van der Waals surface area (Å²) in [6.45, 7) is 6.13. The number of ether oxygens (including phenoxy) is 1. The molecule has 0 saturated heterocycles. The number of nitrogens with one attached hydrogen (secondary N) is 1. The van der Waals surface area contributed by atoms with Gasteiger partial charge >= 0.3 is 0 Å². The Morgan fingerprint density at radius 3 is 2.97 bits per heavy atom. The lowest BCUT2D eigenvalue weighted by molar-refractivity contribution is 0.105. The van der Waals surface area contributed by atoms with E-state index < -0.39 is 6.10 Å². The monoisotopic (exact) mass is 453 g/mol. The van der Waals surface area contributed by atoms with Crippen LogP contribution in [0, 0.1) is 0 Å². The van der Waals surface area contributed by atoms with E-state index in [2.05, 4.69) is 77.6 Å². The smallest absolute Gasteiger partial charge is 0.145 e. The average molecular weight is 454 g/mol. The fourth-order valence-corrected chi connectivity index (χ4v) is 5.60. The minimum absolute atomic E-state index is 0.268. The molecule has 1 atom stereocenters. The topological polar surface area (TPSA) is 57.6 Å². The van der Waals surface area contributed by atoms with Crippen molar-refractivity contribution in [3.8, 4) is 5.75 Å². The SMILES string of the molecule is CC1(C)CN(CCC2=CCc3ccccc32)c2ccc(Nc3ccnc4c3CCC4O)cc2O1. The number of aromatic nitrogens is 1. The number of fused-ring (bicyclic) bond motifs is 3. The van der Waals surface area contributed by atoms with Crippen LogP contribution in [-0.2, 0) is 12.8 Å². The number of aliphatic hydroxyl groups excluding tert-OH is 1. The Kier molecular flexibility index (Phi) is 5.10. The molecule has 0 radical (unpaired) electrons. The molecule has 0 bridgehead atoms. The van der Waals surface area contributed by atoms with E-state index in [1.165, 1.54) is 16.7 Å². The normalized spacial score (nSPS) is 19.7. The molecule has 0 fully saturated rings. The van der Waals surface area contributed by atoms with Crippen molar-refractivity contribution in [3.05, 3.63) is 83.2 Å². The highest BCUT2D eigenvalue weighted by molar-refractivity contribution is 5.75.